The van der Waals surface area contributed by atoms with Gasteiger partial charge in [-0.15, -0.1) is 12.4 Å². The molecule has 6 aromatic rings. The van der Waals surface area contributed by atoms with E-state index >= 15 is 0 Å². The minimum Gasteiger partial charge on any atom is -0.444 e. The van der Waals surface area contributed by atoms with Crippen molar-refractivity contribution in [1.29, 1.82) is 0 Å². The Morgan fingerprint density at radius 1 is 0.736 bits per heavy atom. The third-order valence-electron chi connectivity index (χ3n) is 11.9. The third kappa shape index (κ3) is 13.7. The van der Waals surface area contributed by atoms with Crippen molar-refractivity contribution in [3.63, 3.8) is 0 Å². The molecule has 0 radical (unpaired) electrons. The lowest BCUT2D eigenvalue weighted by atomic mass is 10.1. The second-order valence-electron chi connectivity index (χ2n) is 18.7. The fraction of sp³-hybridized carbons (Fsp3) is 0.380. The number of hydrogen-bond acceptors (Lipinski definition) is 10. The number of carbonyl (C=O) groups excluding carboxylic acids is 5. The van der Waals surface area contributed by atoms with Gasteiger partial charge in [0.15, 0.2) is 11.4 Å². The van der Waals surface area contributed by atoms with Crippen LogP contribution >= 0.6 is 35.6 Å². The van der Waals surface area contributed by atoms with E-state index in [1.807, 2.05) is 25.1 Å². The van der Waals surface area contributed by atoms with Crippen molar-refractivity contribution in [2.24, 2.45) is 11.5 Å². The number of aromatic nitrogens is 4. The molecule has 2 aliphatic rings. The number of anilines is 1. The summed E-state index contributed by atoms with van der Waals surface area (Å²) in [7, 11) is 0. The van der Waals surface area contributed by atoms with Gasteiger partial charge in [-0.3, -0.25) is 28.5 Å². The Kier molecular flexibility index (Phi) is 17.8. The van der Waals surface area contributed by atoms with E-state index in [-0.39, 0.29) is 96.0 Å². The third-order valence-corrected chi connectivity index (χ3v) is 12.4. The van der Waals surface area contributed by atoms with Crippen LogP contribution in [0.2, 0.25) is 10.0 Å². The van der Waals surface area contributed by atoms with Gasteiger partial charge in [0.05, 0.1) is 27.6 Å². The van der Waals surface area contributed by atoms with Gasteiger partial charge in [0.25, 0.3) is 11.8 Å². The number of nitrogens with two attached hydrogens (primary N) is 3. The predicted octanol–water partition coefficient (Wildman–Crippen LogP) is 7.38. The SMILES string of the molecule is Cc1ccc2c(c1)c(C(N)=O)nn2CC(=O)N(CCN(Cc1cccc(Cl)c1F)C(=O)OC(C)(C)C)C1CC1.Cl.NC(=O)c1nn(CC(=O)N(CCNCc2cccc(Cl)c2F)C2CC2)c2ccc(N)cc12. The molecule has 22 heteroatoms. The molecule has 2 fully saturated rings. The standard InChI is InChI=1S/C28H33ClFN5O4.C22H24ClFN6O2.ClH/c1-17-8-11-22-20(14-17)25(26(31)37)32-35(22)16-23(36)34(19-9-10-19)13-12-33(27(38)39-28(2,3)4)15-18-6-5-7-21(29)24(18)30;23-17-3-1-2-13(20(17)24)11-27-8-9-29(15-5-6-15)19(31)12-30-18-7-4-14(25)10-16(18)21(28-30)22(26)32;/h5-8,11,14,19H,9-10,12-13,15-16H2,1-4H3,(H2,31,37);1-4,7,10,15,27H,5-6,8-9,11-12,25H2,(H2,26,32);1H. The van der Waals surface area contributed by atoms with Gasteiger partial charge in [0.1, 0.15) is 30.3 Å². The summed E-state index contributed by atoms with van der Waals surface area (Å²) in [5.41, 5.74) is 19.6. The quantitative estimate of drug-likeness (QED) is 0.0493. The number of aryl methyl sites for hydroxylation is 1. The van der Waals surface area contributed by atoms with E-state index in [9.17, 15) is 32.8 Å². The minimum atomic E-state index is -0.758. The molecule has 384 valence electrons. The molecule has 17 nitrogen and oxygen atoms in total. The van der Waals surface area contributed by atoms with Crippen molar-refractivity contribution in [2.75, 3.05) is 31.9 Å². The topological polar surface area (TPSA) is 230 Å². The lowest BCUT2D eigenvalue weighted by Crippen LogP contribution is -2.44. The molecule has 0 spiro atoms. The molecule has 0 saturated heterocycles. The van der Waals surface area contributed by atoms with E-state index in [0.29, 0.717) is 52.7 Å². The first-order valence-electron chi connectivity index (χ1n) is 23.1. The molecule has 0 bridgehead atoms. The first-order valence-corrected chi connectivity index (χ1v) is 23.9. The minimum absolute atomic E-state index is 0. The molecule has 7 N–H and O–H groups in total. The molecule has 5 amide bonds. The molecule has 72 heavy (non-hydrogen) atoms. The Labute approximate surface area is 431 Å². The Morgan fingerprint density at radius 2 is 1.24 bits per heavy atom. The summed E-state index contributed by atoms with van der Waals surface area (Å²) < 4.78 is 37.2. The summed E-state index contributed by atoms with van der Waals surface area (Å²) in [6, 6.07) is 20.2. The number of fused-ring (bicyclic) bond motifs is 2. The predicted molar refractivity (Wildman–Crippen MR) is 274 cm³/mol. The van der Waals surface area contributed by atoms with Crippen molar-refractivity contribution in [2.45, 2.75) is 97.2 Å². The molecule has 2 aromatic heterocycles. The van der Waals surface area contributed by atoms with E-state index in [1.165, 1.54) is 26.4 Å². The zero-order chi connectivity index (χ0) is 51.3. The zero-order valence-corrected chi connectivity index (χ0v) is 42.6. The first kappa shape index (κ1) is 54.8. The molecular weight excluding hydrogens is 995 g/mol. The van der Waals surface area contributed by atoms with Crippen LogP contribution in [0.1, 0.15) is 84.1 Å². The second-order valence-corrected chi connectivity index (χ2v) is 19.5. The van der Waals surface area contributed by atoms with Gasteiger partial charge in [-0.05, 0) is 95.8 Å². The molecule has 4 aromatic carbocycles. The van der Waals surface area contributed by atoms with Crippen molar-refractivity contribution in [1.82, 2.24) is 39.6 Å². The number of primary amides is 2. The van der Waals surface area contributed by atoms with Crippen LogP contribution in [0.3, 0.4) is 0 Å². The van der Waals surface area contributed by atoms with Gasteiger partial charge in [-0.1, -0.05) is 59.1 Å². The zero-order valence-electron chi connectivity index (χ0n) is 40.3. The number of nitrogens with zero attached hydrogens (tertiary/aromatic N) is 7. The normalized spacial score (nSPS) is 13.2. The van der Waals surface area contributed by atoms with E-state index in [1.54, 1.807) is 73.0 Å². The van der Waals surface area contributed by atoms with Gasteiger partial charge in [0.2, 0.25) is 11.8 Å². The summed E-state index contributed by atoms with van der Waals surface area (Å²) in [5.74, 6) is -2.71. The Hall–Kier alpha value is -6.54. The fourth-order valence-corrected chi connectivity index (χ4v) is 8.49. The highest BCUT2D eigenvalue weighted by atomic mass is 35.5. The van der Waals surface area contributed by atoms with Crippen LogP contribution in [0.5, 0.6) is 0 Å². The molecule has 0 unspecified atom stereocenters. The van der Waals surface area contributed by atoms with Crippen LogP contribution in [0.25, 0.3) is 21.8 Å². The second kappa shape index (κ2) is 23.3. The van der Waals surface area contributed by atoms with Crippen LogP contribution in [-0.2, 0) is 40.5 Å². The summed E-state index contributed by atoms with van der Waals surface area (Å²) in [4.78, 5) is 68.2. The van der Waals surface area contributed by atoms with Crippen molar-refractivity contribution >= 4 is 92.8 Å². The van der Waals surface area contributed by atoms with Crippen molar-refractivity contribution in [3.05, 3.63) is 123 Å². The first-order chi connectivity index (χ1) is 33.7. The highest BCUT2D eigenvalue weighted by Gasteiger charge is 2.35. The van der Waals surface area contributed by atoms with Crippen LogP contribution in [0, 0.1) is 18.6 Å². The van der Waals surface area contributed by atoms with Gasteiger partial charge in [-0.2, -0.15) is 10.2 Å². The molecule has 8 rings (SSSR count). The molecule has 2 aliphatic carbocycles. The largest absolute Gasteiger partial charge is 0.444 e. The van der Waals surface area contributed by atoms with E-state index < -0.39 is 35.1 Å². The summed E-state index contributed by atoms with van der Waals surface area (Å²) >= 11 is 11.8. The van der Waals surface area contributed by atoms with Crippen LogP contribution in [0.4, 0.5) is 19.3 Å². The summed E-state index contributed by atoms with van der Waals surface area (Å²) in [6.45, 7) is 8.57. The molecule has 0 aliphatic heterocycles. The maximum Gasteiger partial charge on any atom is 0.410 e. The van der Waals surface area contributed by atoms with E-state index in [2.05, 4.69) is 15.5 Å². The number of nitrogens with one attached hydrogen (secondary N) is 1. The molecule has 0 atom stereocenters. The highest BCUT2D eigenvalue weighted by Crippen LogP contribution is 2.30. The number of halogens is 5. The van der Waals surface area contributed by atoms with Crippen molar-refractivity contribution < 1.29 is 37.5 Å². The van der Waals surface area contributed by atoms with Gasteiger partial charge >= 0.3 is 6.09 Å². The Bertz CT molecular complexity index is 2990. The molecule has 2 heterocycles. The average molecular weight is 1050 g/mol. The summed E-state index contributed by atoms with van der Waals surface area (Å²) in [6.07, 6.45) is 2.94. The maximum absolute atomic E-state index is 14.7. The van der Waals surface area contributed by atoms with Crippen LogP contribution < -0.4 is 22.5 Å². The monoisotopic (exact) mass is 1050 g/mol. The average Bonchev–Trinajstić information content (AvgIpc) is 4.25. The number of rotatable bonds is 18. The van der Waals surface area contributed by atoms with Gasteiger partial charge in [-0.25, -0.2) is 13.6 Å². The van der Waals surface area contributed by atoms with E-state index in [0.717, 1.165) is 31.2 Å². The van der Waals surface area contributed by atoms with Crippen LogP contribution in [0.15, 0.2) is 72.8 Å². The Balaban J connectivity index is 0.000000236. The highest BCUT2D eigenvalue weighted by molar-refractivity contribution is 6.31. The van der Waals surface area contributed by atoms with Gasteiger partial charge in [0, 0.05) is 72.4 Å². The number of hydrogen-bond donors (Lipinski definition) is 4. The fourth-order valence-electron chi connectivity index (χ4n) is 8.10. The lowest BCUT2D eigenvalue weighted by Gasteiger charge is -2.30. The number of carbonyl (C=O) groups is 5. The number of amides is 5. The van der Waals surface area contributed by atoms with Crippen molar-refractivity contribution in [3.8, 4) is 0 Å². The number of nitrogen functional groups attached to an aromatic ring is 1. The van der Waals surface area contributed by atoms with Crippen LogP contribution in [-0.4, -0.2) is 108 Å². The van der Waals surface area contributed by atoms with E-state index in [4.69, 9.17) is 45.1 Å². The molecule has 2 saturated carbocycles. The Morgan fingerprint density at radius 3 is 1.76 bits per heavy atom. The number of benzene rings is 4. The number of ether oxygens (including phenoxy) is 1. The lowest BCUT2D eigenvalue weighted by molar-refractivity contribution is -0.133. The molecular formula is C50H58Cl3F2N11O6. The summed E-state index contributed by atoms with van der Waals surface area (Å²) in [5, 5.41) is 12.9. The van der Waals surface area contributed by atoms with Gasteiger partial charge < -0.3 is 42.0 Å². The maximum atomic E-state index is 14.7. The smallest absolute Gasteiger partial charge is 0.410 e.